The molecule has 2 rings (SSSR count). The molecular weight excluding hydrogens is 222 g/mol. The topological polar surface area (TPSA) is 29.5 Å². The van der Waals surface area contributed by atoms with E-state index in [2.05, 4.69) is 6.58 Å². The molecule has 0 atom stereocenters. The Bertz CT molecular complexity index is 264. The fraction of sp³-hybridized carbons (Fsp3) is 0.750. The number of hydrogen-bond acceptors (Lipinski definition) is 3. The average molecular weight is 241 g/mol. The van der Waals surface area contributed by atoms with Gasteiger partial charge in [-0.3, -0.25) is 4.79 Å². The molecule has 2 fully saturated rings. The van der Waals surface area contributed by atoms with E-state index in [1.165, 1.54) is 0 Å². The van der Waals surface area contributed by atoms with Crippen molar-refractivity contribution < 1.29 is 9.53 Å². The Morgan fingerprint density at radius 2 is 2.25 bits per heavy atom. The SMILES string of the molecule is C=CCCC(=O)N1CCC2(CC1)OCCS2. The first-order valence-corrected chi connectivity index (χ1v) is 6.91. The summed E-state index contributed by atoms with van der Waals surface area (Å²) in [7, 11) is 0. The van der Waals surface area contributed by atoms with Gasteiger partial charge in [-0.25, -0.2) is 0 Å². The van der Waals surface area contributed by atoms with Gasteiger partial charge in [-0.2, -0.15) is 0 Å². The van der Waals surface area contributed by atoms with Gasteiger partial charge in [-0.15, -0.1) is 18.3 Å². The monoisotopic (exact) mass is 241 g/mol. The van der Waals surface area contributed by atoms with E-state index in [0.29, 0.717) is 6.42 Å². The Kier molecular flexibility index (Phi) is 3.92. The molecular formula is C12H19NO2S. The number of likely N-dealkylation sites (tertiary alicyclic amines) is 1. The van der Waals surface area contributed by atoms with Crippen molar-refractivity contribution in [3.05, 3.63) is 12.7 Å². The molecule has 0 saturated carbocycles. The Morgan fingerprint density at radius 1 is 1.50 bits per heavy atom. The lowest BCUT2D eigenvalue weighted by Crippen LogP contribution is -2.44. The molecule has 2 heterocycles. The number of thioether (sulfide) groups is 1. The molecule has 0 aliphatic carbocycles. The summed E-state index contributed by atoms with van der Waals surface area (Å²) in [5.41, 5.74) is 0. The third-order valence-electron chi connectivity index (χ3n) is 3.25. The molecule has 2 aliphatic rings. The number of rotatable bonds is 3. The Labute approximate surface area is 101 Å². The van der Waals surface area contributed by atoms with Crippen LogP contribution in [0.1, 0.15) is 25.7 Å². The zero-order valence-electron chi connectivity index (χ0n) is 9.61. The number of ether oxygens (including phenoxy) is 1. The summed E-state index contributed by atoms with van der Waals surface area (Å²) in [6, 6.07) is 0. The van der Waals surface area contributed by atoms with Gasteiger partial charge in [0.2, 0.25) is 5.91 Å². The van der Waals surface area contributed by atoms with E-state index in [1.807, 2.05) is 16.7 Å². The zero-order chi connectivity index (χ0) is 11.4. The van der Waals surface area contributed by atoms with E-state index in [1.54, 1.807) is 6.08 Å². The minimum absolute atomic E-state index is 0.0369. The van der Waals surface area contributed by atoms with Gasteiger partial charge in [0, 0.05) is 38.1 Å². The van der Waals surface area contributed by atoms with Crippen LogP contribution in [0.4, 0.5) is 0 Å². The van der Waals surface area contributed by atoms with Crippen LogP contribution >= 0.6 is 11.8 Å². The first kappa shape index (κ1) is 12.0. The van der Waals surface area contributed by atoms with Crippen molar-refractivity contribution in [2.75, 3.05) is 25.4 Å². The zero-order valence-corrected chi connectivity index (χ0v) is 10.4. The summed E-state index contributed by atoms with van der Waals surface area (Å²) < 4.78 is 5.80. The minimum Gasteiger partial charge on any atom is -0.363 e. The fourth-order valence-electron chi connectivity index (χ4n) is 2.27. The molecule has 3 nitrogen and oxygen atoms in total. The van der Waals surface area contributed by atoms with Gasteiger partial charge in [0.25, 0.3) is 0 Å². The first-order chi connectivity index (χ1) is 7.76. The van der Waals surface area contributed by atoms with Crippen molar-refractivity contribution in [2.24, 2.45) is 0 Å². The van der Waals surface area contributed by atoms with E-state index in [0.717, 1.165) is 44.7 Å². The number of carbonyl (C=O) groups excluding carboxylic acids is 1. The largest absolute Gasteiger partial charge is 0.363 e. The number of carbonyl (C=O) groups is 1. The van der Waals surface area contributed by atoms with Crippen molar-refractivity contribution in [3.63, 3.8) is 0 Å². The summed E-state index contributed by atoms with van der Waals surface area (Å²) in [6.07, 6.45) is 5.16. The van der Waals surface area contributed by atoms with E-state index in [-0.39, 0.29) is 10.8 Å². The van der Waals surface area contributed by atoms with Crippen LogP contribution < -0.4 is 0 Å². The lowest BCUT2D eigenvalue weighted by atomic mass is 10.1. The standard InChI is InChI=1S/C12H19NO2S/c1-2-3-4-11(14)13-7-5-12(6-8-13)15-9-10-16-12/h2H,1,3-10H2. The molecule has 0 unspecified atom stereocenters. The molecule has 0 N–H and O–H groups in total. The number of amides is 1. The third kappa shape index (κ3) is 2.61. The predicted octanol–water partition coefficient (Wildman–Crippen LogP) is 2.03. The van der Waals surface area contributed by atoms with Crippen LogP contribution in [0.2, 0.25) is 0 Å². The molecule has 0 bridgehead atoms. The highest BCUT2D eigenvalue weighted by molar-refractivity contribution is 8.00. The van der Waals surface area contributed by atoms with Crippen molar-refractivity contribution in [1.29, 1.82) is 0 Å². The molecule has 4 heteroatoms. The van der Waals surface area contributed by atoms with Crippen molar-refractivity contribution in [3.8, 4) is 0 Å². The van der Waals surface area contributed by atoms with Crippen molar-refractivity contribution >= 4 is 17.7 Å². The number of piperidine rings is 1. The average Bonchev–Trinajstić information content (AvgIpc) is 2.75. The lowest BCUT2D eigenvalue weighted by Gasteiger charge is -2.37. The van der Waals surface area contributed by atoms with Gasteiger partial charge in [-0.05, 0) is 6.42 Å². The summed E-state index contributed by atoms with van der Waals surface area (Å²) in [5, 5.41) is 0. The molecule has 90 valence electrons. The number of hydrogen-bond donors (Lipinski definition) is 0. The second kappa shape index (κ2) is 5.23. The minimum atomic E-state index is 0.0369. The molecule has 1 spiro atoms. The third-order valence-corrected chi connectivity index (χ3v) is 4.68. The van der Waals surface area contributed by atoms with Crippen LogP contribution in [-0.4, -0.2) is 41.2 Å². The smallest absolute Gasteiger partial charge is 0.222 e. The Balaban J connectivity index is 1.80. The summed E-state index contributed by atoms with van der Waals surface area (Å²) in [6.45, 7) is 6.21. The molecule has 2 aliphatic heterocycles. The maximum atomic E-state index is 11.8. The Hall–Kier alpha value is -0.480. The van der Waals surface area contributed by atoms with Crippen LogP contribution in [0.25, 0.3) is 0 Å². The number of allylic oxidation sites excluding steroid dienone is 1. The van der Waals surface area contributed by atoms with Crippen molar-refractivity contribution in [1.82, 2.24) is 4.90 Å². The molecule has 1 amide bonds. The van der Waals surface area contributed by atoms with Gasteiger partial charge in [0.1, 0.15) is 4.93 Å². The fourth-order valence-corrected chi connectivity index (χ4v) is 3.44. The molecule has 0 radical (unpaired) electrons. The molecule has 0 aromatic heterocycles. The van der Waals surface area contributed by atoms with E-state index in [9.17, 15) is 4.79 Å². The van der Waals surface area contributed by atoms with Crippen LogP contribution in [-0.2, 0) is 9.53 Å². The maximum absolute atomic E-state index is 11.8. The molecule has 16 heavy (non-hydrogen) atoms. The second-order valence-electron chi connectivity index (χ2n) is 4.32. The van der Waals surface area contributed by atoms with Crippen LogP contribution in [0.5, 0.6) is 0 Å². The summed E-state index contributed by atoms with van der Waals surface area (Å²) in [4.78, 5) is 13.8. The quantitative estimate of drug-likeness (QED) is 0.708. The van der Waals surface area contributed by atoms with E-state index in [4.69, 9.17) is 4.74 Å². The lowest BCUT2D eigenvalue weighted by molar-refractivity contribution is -0.134. The van der Waals surface area contributed by atoms with E-state index < -0.39 is 0 Å². The van der Waals surface area contributed by atoms with E-state index >= 15 is 0 Å². The van der Waals surface area contributed by atoms with Crippen molar-refractivity contribution in [2.45, 2.75) is 30.6 Å². The normalized spacial score (nSPS) is 23.6. The highest BCUT2D eigenvalue weighted by Crippen LogP contribution is 2.41. The second-order valence-corrected chi connectivity index (χ2v) is 5.76. The van der Waals surface area contributed by atoms with Gasteiger partial charge < -0.3 is 9.64 Å². The molecule has 0 aromatic rings. The first-order valence-electron chi connectivity index (χ1n) is 5.92. The van der Waals surface area contributed by atoms with Gasteiger partial charge in [0.15, 0.2) is 0 Å². The van der Waals surface area contributed by atoms with Gasteiger partial charge in [0.05, 0.1) is 6.61 Å². The predicted molar refractivity (Wildman–Crippen MR) is 66.4 cm³/mol. The van der Waals surface area contributed by atoms with Crippen LogP contribution in [0, 0.1) is 0 Å². The highest BCUT2D eigenvalue weighted by atomic mass is 32.2. The van der Waals surface area contributed by atoms with Crippen LogP contribution in [0.15, 0.2) is 12.7 Å². The maximum Gasteiger partial charge on any atom is 0.222 e. The molecule has 0 aromatic carbocycles. The van der Waals surface area contributed by atoms with Crippen LogP contribution in [0.3, 0.4) is 0 Å². The van der Waals surface area contributed by atoms with Gasteiger partial charge in [-0.1, -0.05) is 6.08 Å². The van der Waals surface area contributed by atoms with Gasteiger partial charge >= 0.3 is 0 Å². The summed E-state index contributed by atoms with van der Waals surface area (Å²) >= 11 is 1.92. The highest BCUT2D eigenvalue weighted by Gasteiger charge is 2.39. The molecule has 2 saturated heterocycles. The number of nitrogens with zero attached hydrogens (tertiary/aromatic N) is 1. The summed E-state index contributed by atoms with van der Waals surface area (Å²) in [5.74, 6) is 1.36. The Morgan fingerprint density at radius 3 is 2.81 bits per heavy atom.